The third-order valence-electron chi connectivity index (χ3n) is 3.39. The van der Waals surface area contributed by atoms with Gasteiger partial charge >= 0.3 is 0 Å². The highest BCUT2D eigenvalue weighted by atomic mass is 32.2. The van der Waals surface area contributed by atoms with E-state index in [4.69, 9.17) is 5.73 Å². The monoisotopic (exact) mass is 297 g/mol. The van der Waals surface area contributed by atoms with Gasteiger partial charge in [0, 0.05) is 0 Å². The predicted molar refractivity (Wildman–Crippen MR) is 78.9 cm³/mol. The van der Waals surface area contributed by atoms with Crippen molar-refractivity contribution in [3.8, 4) is 0 Å². The average molecular weight is 297 g/mol. The van der Waals surface area contributed by atoms with Crippen molar-refractivity contribution in [3.05, 3.63) is 24.3 Å². The number of carbonyl (C=O) groups excluding carboxylic acids is 1. The molecule has 20 heavy (non-hydrogen) atoms. The number of rotatable bonds is 5. The zero-order valence-electron chi connectivity index (χ0n) is 11.5. The Balaban J connectivity index is 2.19. The number of anilines is 2. The molecule has 4 N–H and O–H groups in total. The summed E-state index contributed by atoms with van der Waals surface area (Å²) in [5, 5.41) is 2.70. The van der Waals surface area contributed by atoms with Crippen molar-refractivity contribution < 1.29 is 13.2 Å². The van der Waals surface area contributed by atoms with Crippen molar-refractivity contribution in [1.82, 2.24) is 0 Å². The normalized spacial score (nSPS) is 18.1. The van der Waals surface area contributed by atoms with Crippen molar-refractivity contribution in [2.24, 2.45) is 11.7 Å². The van der Waals surface area contributed by atoms with Crippen LogP contribution in [0.4, 0.5) is 11.4 Å². The molecule has 1 aliphatic rings. The molecule has 0 saturated heterocycles. The lowest BCUT2D eigenvalue weighted by molar-refractivity contribution is -0.121. The summed E-state index contributed by atoms with van der Waals surface area (Å²) < 4.78 is 25.0. The molecular weight excluding hydrogens is 278 g/mol. The number of carbonyl (C=O) groups is 1. The average Bonchev–Trinajstić information content (AvgIpc) is 3.13. The Morgan fingerprint density at radius 1 is 1.30 bits per heavy atom. The van der Waals surface area contributed by atoms with E-state index in [1.807, 2.05) is 0 Å². The molecule has 7 heteroatoms. The van der Waals surface area contributed by atoms with Gasteiger partial charge in [0.05, 0.1) is 23.2 Å². The first-order valence-corrected chi connectivity index (χ1v) is 8.26. The van der Waals surface area contributed by atoms with Gasteiger partial charge in [-0.25, -0.2) is 8.42 Å². The predicted octanol–water partition coefficient (Wildman–Crippen LogP) is 1.12. The second-order valence-corrected chi connectivity index (χ2v) is 7.18. The van der Waals surface area contributed by atoms with E-state index in [1.54, 1.807) is 31.2 Å². The van der Waals surface area contributed by atoms with E-state index in [1.165, 1.54) is 0 Å². The van der Waals surface area contributed by atoms with Crippen LogP contribution in [0.5, 0.6) is 0 Å². The van der Waals surface area contributed by atoms with Gasteiger partial charge in [0.15, 0.2) is 0 Å². The van der Waals surface area contributed by atoms with Crippen LogP contribution in [0.25, 0.3) is 0 Å². The van der Waals surface area contributed by atoms with E-state index in [0.717, 1.165) is 19.1 Å². The molecule has 0 aliphatic heterocycles. The molecular formula is C13H19N3O3S. The standard InChI is InChI=1S/C13H19N3O3S/c1-13(14,9-7-8-9)12(17)15-10-5-3-4-6-11(10)16-20(2,18)19/h3-6,9,16H,7-8,14H2,1-2H3,(H,15,17). The molecule has 1 atom stereocenters. The van der Waals surface area contributed by atoms with Gasteiger partial charge in [-0.15, -0.1) is 0 Å². The summed E-state index contributed by atoms with van der Waals surface area (Å²) in [6, 6.07) is 6.62. The molecule has 0 radical (unpaired) electrons. The number of sulfonamides is 1. The number of nitrogens with one attached hydrogen (secondary N) is 2. The molecule has 1 aromatic rings. The SMILES string of the molecule is CC(N)(C(=O)Nc1ccccc1NS(C)(=O)=O)C1CC1. The smallest absolute Gasteiger partial charge is 0.244 e. The lowest BCUT2D eigenvalue weighted by atomic mass is 9.96. The van der Waals surface area contributed by atoms with Crippen LogP contribution in [0, 0.1) is 5.92 Å². The largest absolute Gasteiger partial charge is 0.323 e. The Morgan fingerprint density at radius 2 is 1.85 bits per heavy atom. The summed E-state index contributed by atoms with van der Waals surface area (Å²) in [5.74, 6) is -0.111. The number of hydrogen-bond donors (Lipinski definition) is 3. The first-order chi connectivity index (χ1) is 9.20. The maximum atomic E-state index is 12.2. The van der Waals surface area contributed by atoms with E-state index in [9.17, 15) is 13.2 Å². The topological polar surface area (TPSA) is 101 Å². The van der Waals surface area contributed by atoms with Crippen LogP contribution in [0.15, 0.2) is 24.3 Å². The van der Waals surface area contributed by atoms with Gasteiger partial charge < -0.3 is 11.1 Å². The van der Waals surface area contributed by atoms with Gasteiger partial charge in [-0.3, -0.25) is 9.52 Å². The third kappa shape index (κ3) is 3.49. The van der Waals surface area contributed by atoms with E-state index in [0.29, 0.717) is 11.4 Å². The minimum atomic E-state index is -3.41. The quantitative estimate of drug-likeness (QED) is 0.758. The van der Waals surface area contributed by atoms with Crippen LogP contribution >= 0.6 is 0 Å². The van der Waals surface area contributed by atoms with Crippen LogP contribution in [0.1, 0.15) is 19.8 Å². The fraction of sp³-hybridized carbons (Fsp3) is 0.462. The summed E-state index contributed by atoms with van der Waals surface area (Å²) in [7, 11) is -3.41. The fourth-order valence-corrected chi connectivity index (χ4v) is 2.58. The Labute approximate surface area is 118 Å². The van der Waals surface area contributed by atoms with Crippen LogP contribution in [0.3, 0.4) is 0 Å². The third-order valence-corrected chi connectivity index (χ3v) is 3.98. The molecule has 1 unspecified atom stereocenters. The van der Waals surface area contributed by atoms with Crippen molar-refractivity contribution in [1.29, 1.82) is 0 Å². The maximum Gasteiger partial charge on any atom is 0.244 e. The number of benzene rings is 1. The molecule has 0 bridgehead atoms. The zero-order valence-corrected chi connectivity index (χ0v) is 12.3. The first kappa shape index (κ1) is 14.8. The molecule has 1 saturated carbocycles. The van der Waals surface area contributed by atoms with Gasteiger partial charge in [-0.1, -0.05) is 12.1 Å². The molecule has 1 amide bonds. The minimum absolute atomic E-state index is 0.192. The van der Waals surface area contributed by atoms with E-state index < -0.39 is 15.6 Å². The maximum absolute atomic E-state index is 12.2. The van der Waals surface area contributed by atoms with E-state index in [2.05, 4.69) is 10.0 Å². The van der Waals surface area contributed by atoms with Gasteiger partial charge in [0.2, 0.25) is 15.9 Å². The highest BCUT2D eigenvalue weighted by Gasteiger charge is 2.44. The minimum Gasteiger partial charge on any atom is -0.323 e. The lowest BCUT2D eigenvalue weighted by Crippen LogP contribution is -2.50. The zero-order chi connectivity index (χ0) is 15.0. The van der Waals surface area contributed by atoms with Crippen molar-refractivity contribution in [3.63, 3.8) is 0 Å². The molecule has 1 aromatic carbocycles. The number of para-hydroxylation sites is 2. The van der Waals surface area contributed by atoms with Gasteiger partial charge in [-0.05, 0) is 37.8 Å². The van der Waals surface area contributed by atoms with Crippen molar-refractivity contribution in [2.45, 2.75) is 25.3 Å². The number of hydrogen-bond acceptors (Lipinski definition) is 4. The van der Waals surface area contributed by atoms with Gasteiger partial charge in [0.25, 0.3) is 0 Å². The Bertz CT molecular complexity index is 622. The van der Waals surface area contributed by atoms with Gasteiger partial charge in [0.1, 0.15) is 0 Å². The fourth-order valence-electron chi connectivity index (χ4n) is 2.01. The number of amides is 1. The summed E-state index contributed by atoms with van der Waals surface area (Å²) in [4.78, 5) is 12.2. The molecule has 0 spiro atoms. The summed E-state index contributed by atoms with van der Waals surface area (Å²) in [5.41, 5.74) is 5.84. The van der Waals surface area contributed by atoms with Crippen LogP contribution < -0.4 is 15.8 Å². The van der Waals surface area contributed by atoms with Crippen LogP contribution in [0.2, 0.25) is 0 Å². The Kier molecular flexibility index (Phi) is 3.75. The van der Waals surface area contributed by atoms with E-state index >= 15 is 0 Å². The lowest BCUT2D eigenvalue weighted by Gasteiger charge is -2.24. The van der Waals surface area contributed by atoms with E-state index in [-0.39, 0.29) is 11.8 Å². The highest BCUT2D eigenvalue weighted by molar-refractivity contribution is 7.92. The molecule has 2 rings (SSSR count). The molecule has 1 aliphatic carbocycles. The Morgan fingerprint density at radius 3 is 2.35 bits per heavy atom. The van der Waals surface area contributed by atoms with Crippen LogP contribution in [-0.4, -0.2) is 26.1 Å². The second kappa shape index (κ2) is 5.06. The first-order valence-electron chi connectivity index (χ1n) is 6.37. The van der Waals surface area contributed by atoms with Crippen LogP contribution in [-0.2, 0) is 14.8 Å². The summed E-state index contributed by atoms with van der Waals surface area (Å²) in [6.45, 7) is 1.70. The Hall–Kier alpha value is -1.60. The molecule has 1 fully saturated rings. The number of nitrogens with two attached hydrogens (primary N) is 1. The second-order valence-electron chi connectivity index (χ2n) is 5.43. The molecule has 0 aromatic heterocycles. The highest BCUT2D eigenvalue weighted by Crippen LogP contribution is 2.38. The summed E-state index contributed by atoms with van der Waals surface area (Å²) >= 11 is 0. The molecule has 110 valence electrons. The van der Waals surface area contributed by atoms with Crippen molar-refractivity contribution >= 4 is 27.3 Å². The van der Waals surface area contributed by atoms with Crippen molar-refractivity contribution in [2.75, 3.05) is 16.3 Å². The van der Waals surface area contributed by atoms with Gasteiger partial charge in [-0.2, -0.15) is 0 Å². The summed E-state index contributed by atoms with van der Waals surface area (Å²) in [6.07, 6.45) is 2.95. The molecule has 6 nitrogen and oxygen atoms in total. The molecule has 0 heterocycles.